The van der Waals surface area contributed by atoms with Gasteiger partial charge in [0.1, 0.15) is 0 Å². The van der Waals surface area contributed by atoms with E-state index >= 15 is 0 Å². The summed E-state index contributed by atoms with van der Waals surface area (Å²) in [6, 6.07) is 17.3. The van der Waals surface area contributed by atoms with Crippen LogP contribution in [0.25, 0.3) is 11.1 Å². The molecule has 0 aliphatic carbocycles. The SMILES string of the molecule is Cc1ccc(-c2ccc(C)cc2)cc1.[H-].[K+]. The average molecular weight is 222 g/mol. The van der Waals surface area contributed by atoms with Crippen molar-refractivity contribution in [2.75, 3.05) is 0 Å². The Kier molecular flexibility index (Phi) is 5.23. The monoisotopic (exact) mass is 222 g/mol. The first-order valence-electron chi connectivity index (χ1n) is 4.89. The predicted octanol–water partition coefficient (Wildman–Crippen LogP) is 1.09. The van der Waals surface area contributed by atoms with Gasteiger partial charge >= 0.3 is 51.4 Å². The van der Waals surface area contributed by atoms with Gasteiger partial charge in [0, 0.05) is 0 Å². The Morgan fingerprint density at radius 3 is 1.13 bits per heavy atom. The van der Waals surface area contributed by atoms with Crippen LogP contribution in [0.15, 0.2) is 48.5 Å². The zero-order valence-electron chi connectivity index (χ0n) is 10.6. The van der Waals surface area contributed by atoms with E-state index in [1.165, 1.54) is 22.3 Å². The van der Waals surface area contributed by atoms with Crippen LogP contribution < -0.4 is 51.4 Å². The molecular weight excluding hydrogens is 207 g/mol. The van der Waals surface area contributed by atoms with Crippen molar-refractivity contribution >= 4 is 0 Å². The standard InChI is InChI=1S/C14H14.K.H/c1-11-3-7-13(8-4-11)14-9-5-12(2)6-10-14;;/h3-10H,1-2H3;;/q;+1;-1. The number of rotatable bonds is 1. The zero-order valence-corrected chi connectivity index (χ0v) is 12.7. The smallest absolute Gasteiger partial charge is 1.00 e. The first kappa shape index (κ1) is 13.1. The summed E-state index contributed by atoms with van der Waals surface area (Å²) in [5, 5.41) is 0. The Morgan fingerprint density at radius 2 is 0.867 bits per heavy atom. The van der Waals surface area contributed by atoms with E-state index in [0.717, 1.165) is 0 Å². The quantitative estimate of drug-likeness (QED) is 0.634. The van der Waals surface area contributed by atoms with E-state index in [1.807, 2.05) is 0 Å². The van der Waals surface area contributed by atoms with Crippen molar-refractivity contribution in [1.29, 1.82) is 0 Å². The second kappa shape index (κ2) is 5.97. The second-order valence-corrected chi connectivity index (χ2v) is 3.73. The second-order valence-electron chi connectivity index (χ2n) is 3.73. The molecule has 0 N–H and O–H groups in total. The molecule has 0 spiro atoms. The molecule has 15 heavy (non-hydrogen) atoms. The number of hydrogen-bond acceptors (Lipinski definition) is 0. The molecule has 0 radical (unpaired) electrons. The third-order valence-electron chi connectivity index (χ3n) is 2.44. The molecular formula is C14H15K. The molecule has 0 aromatic heterocycles. The van der Waals surface area contributed by atoms with Gasteiger partial charge in [-0.2, -0.15) is 0 Å². The number of aryl methyl sites for hydroxylation is 2. The largest absolute Gasteiger partial charge is 1.00 e. The molecule has 0 atom stereocenters. The zero-order chi connectivity index (χ0) is 9.97. The maximum absolute atomic E-state index is 2.17. The van der Waals surface area contributed by atoms with Gasteiger partial charge in [-0.25, -0.2) is 0 Å². The molecule has 0 heterocycles. The maximum Gasteiger partial charge on any atom is 1.00 e. The van der Waals surface area contributed by atoms with E-state index in [2.05, 4.69) is 62.4 Å². The number of hydrogen-bond donors (Lipinski definition) is 0. The fraction of sp³-hybridized carbons (Fsp3) is 0.143. The molecule has 2 rings (SSSR count). The van der Waals surface area contributed by atoms with Crippen LogP contribution >= 0.6 is 0 Å². The predicted molar refractivity (Wildman–Crippen MR) is 62.5 cm³/mol. The summed E-state index contributed by atoms with van der Waals surface area (Å²) in [5.74, 6) is 0. The van der Waals surface area contributed by atoms with Crippen LogP contribution in [-0.4, -0.2) is 0 Å². The minimum absolute atomic E-state index is 0. The van der Waals surface area contributed by atoms with Crippen molar-refractivity contribution in [3.05, 3.63) is 59.7 Å². The summed E-state index contributed by atoms with van der Waals surface area (Å²) >= 11 is 0. The molecule has 0 aliphatic rings. The summed E-state index contributed by atoms with van der Waals surface area (Å²) in [7, 11) is 0. The summed E-state index contributed by atoms with van der Waals surface area (Å²) in [6.07, 6.45) is 0. The van der Waals surface area contributed by atoms with Crippen LogP contribution in [0.5, 0.6) is 0 Å². The van der Waals surface area contributed by atoms with Crippen LogP contribution in [0.2, 0.25) is 0 Å². The Bertz CT molecular complexity index is 374. The van der Waals surface area contributed by atoms with Crippen molar-refractivity contribution in [3.8, 4) is 11.1 Å². The summed E-state index contributed by atoms with van der Waals surface area (Å²) in [4.78, 5) is 0. The van der Waals surface area contributed by atoms with E-state index in [9.17, 15) is 0 Å². The first-order chi connectivity index (χ1) is 6.75. The van der Waals surface area contributed by atoms with Gasteiger partial charge in [0.15, 0.2) is 0 Å². The minimum Gasteiger partial charge on any atom is -1.00 e. The number of benzene rings is 2. The summed E-state index contributed by atoms with van der Waals surface area (Å²) in [6.45, 7) is 4.22. The van der Waals surface area contributed by atoms with E-state index < -0.39 is 0 Å². The van der Waals surface area contributed by atoms with E-state index in [0.29, 0.717) is 0 Å². The van der Waals surface area contributed by atoms with Crippen molar-refractivity contribution in [1.82, 2.24) is 0 Å². The van der Waals surface area contributed by atoms with Gasteiger partial charge < -0.3 is 1.43 Å². The van der Waals surface area contributed by atoms with Gasteiger partial charge in [0.2, 0.25) is 0 Å². The van der Waals surface area contributed by atoms with Gasteiger partial charge in [-0.1, -0.05) is 59.7 Å². The average Bonchev–Trinajstić information content (AvgIpc) is 2.21. The topological polar surface area (TPSA) is 0 Å². The third kappa shape index (κ3) is 3.54. The minimum atomic E-state index is 0. The van der Waals surface area contributed by atoms with Gasteiger partial charge in [-0.05, 0) is 25.0 Å². The van der Waals surface area contributed by atoms with Crippen LogP contribution in [0.4, 0.5) is 0 Å². The molecule has 0 amide bonds. The van der Waals surface area contributed by atoms with Gasteiger partial charge in [-0.3, -0.25) is 0 Å². The molecule has 0 bridgehead atoms. The molecule has 0 fully saturated rings. The summed E-state index contributed by atoms with van der Waals surface area (Å²) in [5.41, 5.74) is 5.19. The van der Waals surface area contributed by atoms with Crippen LogP contribution in [-0.2, 0) is 0 Å². The Balaban J connectivity index is 0.00000112. The van der Waals surface area contributed by atoms with Gasteiger partial charge in [0.25, 0.3) is 0 Å². The molecule has 2 aromatic rings. The van der Waals surface area contributed by atoms with Gasteiger partial charge in [0.05, 0.1) is 0 Å². The molecule has 0 saturated carbocycles. The first-order valence-corrected chi connectivity index (χ1v) is 4.89. The van der Waals surface area contributed by atoms with Gasteiger partial charge in [-0.15, -0.1) is 0 Å². The molecule has 0 saturated heterocycles. The van der Waals surface area contributed by atoms with E-state index in [-0.39, 0.29) is 52.8 Å². The molecule has 0 unspecified atom stereocenters. The molecule has 2 aromatic carbocycles. The van der Waals surface area contributed by atoms with E-state index in [4.69, 9.17) is 0 Å². The van der Waals surface area contributed by atoms with Crippen molar-refractivity contribution in [3.63, 3.8) is 0 Å². The fourth-order valence-corrected chi connectivity index (χ4v) is 1.49. The molecule has 72 valence electrons. The van der Waals surface area contributed by atoms with Crippen molar-refractivity contribution in [2.45, 2.75) is 13.8 Å². The molecule has 0 nitrogen and oxygen atoms in total. The Morgan fingerprint density at radius 1 is 0.600 bits per heavy atom. The van der Waals surface area contributed by atoms with Crippen LogP contribution in [0.1, 0.15) is 12.6 Å². The van der Waals surface area contributed by atoms with Crippen molar-refractivity contribution < 1.29 is 52.8 Å². The molecule has 1 heteroatoms. The third-order valence-corrected chi connectivity index (χ3v) is 2.44. The van der Waals surface area contributed by atoms with Crippen molar-refractivity contribution in [2.24, 2.45) is 0 Å². The maximum atomic E-state index is 2.17. The molecule has 0 aliphatic heterocycles. The van der Waals surface area contributed by atoms with E-state index in [1.54, 1.807) is 0 Å². The normalized spacial score (nSPS) is 9.47. The fourth-order valence-electron chi connectivity index (χ4n) is 1.49. The summed E-state index contributed by atoms with van der Waals surface area (Å²) < 4.78 is 0. The van der Waals surface area contributed by atoms with Crippen LogP contribution in [0, 0.1) is 13.8 Å². The Labute approximate surface area is 136 Å². The van der Waals surface area contributed by atoms with Crippen LogP contribution in [0.3, 0.4) is 0 Å². The Hall–Kier alpha value is 0.0764.